The average molecular weight is 239 g/mol. The zero-order valence-corrected chi connectivity index (χ0v) is 11.4. The Kier molecular flexibility index (Phi) is 5.75. The fourth-order valence-electron chi connectivity index (χ4n) is 3.15. The standard InChI is InChI=1S/C14H29N3/c1-17-10-9-16-12-14(17)7-8-15-11-13-5-3-2-4-6-13/h13-16H,2-12H2,1H3. The molecule has 2 N–H and O–H groups in total. The van der Waals surface area contributed by atoms with Gasteiger partial charge < -0.3 is 15.5 Å². The van der Waals surface area contributed by atoms with E-state index in [9.17, 15) is 0 Å². The summed E-state index contributed by atoms with van der Waals surface area (Å²) in [7, 11) is 2.26. The molecule has 0 bridgehead atoms. The van der Waals surface area contributed by atoms with Gasteiger partial charge in [0.25, 0.3) is 0 Å². The lowest BCUT2D eigenvalue weighted by Gasteiger charge is -2.33. The van der Waals surface area contributed by atoms with Gasteiger partial charge in [-0.1, -0.05) is 19.3 Å². The highest BCUT2D eigenvalue weighted by atomic mass is 15.2. The summed E-state index contributed by atoms with van der Waals surface area (Å²) in [4.78, 5) is 2.50. The summed E-state index contributed by atoms with van der Waals surface area (Å²) in [5.41, 5.74) is 0. The molecule has 1 saturated heterocycles. The van der Waals surface area contributed by atoms with Crippen LogP contribution in [0.25, 0.3) is 0 Å². The van der Waals surface area contributed by atoms with E-state index >= 15 is 0 Å². The van der Waals surface area contributed by atoms with E-state index in [0.717, 1.165) is 18.5 Å². The molecular formula is C14H29N3. The van der Waals surface area contributed by atoms with Crippen LogP contribution in [0.1, 0.15) is 38.5 Å². The average Bonchev–Trinajstić information content (AvgIpc) is 2.38. The van der Waals surface area contributed by atoms with Crippen molar-refractivity contribution in [3.8, 4) is 0 Å². The van der Waals surface area contributed by atoms with Gasteiger partial charge in [-0.2, -0.15) is 0 Å². The molecule has 2 aliphatic rings. The number of rotatable bonds is 5. The predicted octanol–water partition coefficient (Wildman–Crippen LogP) is 1.45. The van der Waals surface area contributed by atoms with Crippen molar-refractivity contribution in [2.45, 2.75) is 44.6 Å². The Bertz CT molecular complexity index is 202. The van der Waals surface area contributed by atoms with Gasteiger partial charge in [-0.25, -0.2) is 0 Å². The molecule has 0 aromatic rings. The van der Waals surface area contributed by atoms with Crippen molar-refractivity contribution in [2.24, 2.45) is 5.92 Å². The fourth-order valence-corrected chi connectivity index (χ4v) is 3.15. The van der Waals surface area contributed by atoms with Crippen LogP contribution < -0.4 is 10.6 Å². The molecule has 1 atom stereocenters. The molecule has 17 heavy (non-hydrogen) atoms. The van der Waals surface area contributed by atoms with Crippen molar-refractivity contribution >= 4 is 0 Å². The zero-order valence-electron chi connectivity index (χ0n) is 11.4. The highest BCUT2D eigenvalue weighted by Crippen LogP contribution is 2.22. The molecule has 1 saturated carbocycles. The Hall–Kier alpha value is -0.120. The van der Waals surface area contributed by atoms with Crippen molar-refractivity contribution in [1.82, 2.24) is 15.5 Å². The first-order valence-corrected chi connectivity index (χ1v) is 7.48. The lowest BCUT2D eigenvalue weighted by Crippen LogP contribution is -2.50. The zero-order chi connectivity index (χ0) is 11.9. The Morgan fingerprint density at radius 2 is 2.06 bits per heavy atom. The molecule has 2 rings (SSSR count). The summed E-state index contributed by atoms with van der Waals surface area (Å²) in [5.74, 6) is 0.964. The highest BCUT2D eigenvalue weighted by molar-refractivity contribution is 4.78. The van der Waals surface area contributed by atoms with E-state index in [1.165, 1.54) is 64.7 Å². The second-order valence-corrected chi connectivity index (χ2v) is 5.84. The van der Waals surface area contributed by atoms with Crippen LogP contribution in [0.2, 0.25) is 0 Å². The molecule has 3 nitrogen and oxygen atoms in total. The summed E-state index contributed by atoms with van der Waals surface area (Å²) in [5, 5.41) is 7.15. The Morgan fingerprint density at radius 3 is 2.82 bits per heavy atom. The Labute approximate surface area is 106 Å². The number of hydrogen-bond acceptors (Lipinski definition) is 3. The van der Waals surface area contributed by atoms with Crippen LogP contribution in [-0.2, 0) is 0 Å². The number of nitrogens with one attached hydrogen (secondary N) is 2. The van der Waals surface area contributed by atoms with E-state index in [1.807, 2.05) is 0 Å². The van der Waals surface area contributed by atoms with Crippen molar-refractivity contribution in [3.63, 3.8) is 0 Å². The van der Waals surface area contributed by atoms with Gasteiger partial charge in [-0.05, 0) is 45.3 Å². The van der Waals surface area contributed by atoms with E-state index in [4.69, 9.17) is 0 Å². The van der Waals surface area contributed by atoms with E-state index in [2.05, 4.69) is 22.6 Å². The minimum Gasteiger partial charge on any atom is -0.316 e. The minimum atomic E-state index is 0.739. The smallest absolute Gasteiger partial charge is 0.0230 e. The molecule has 1 unspecified atom stereocenters. The first kappa shape index (κ1) is 13.3. The van der Waals surface area contributed by atoms with Crippen LogP contribution in [0.3, 0.4) is 0 Å². The molecular weight excluding hydrogens is 210 g/mol. The lowest BCUT2D eigenvalue weighted by molar-refractivity contribution is 0.188. The summed E-state index contributed by atoms with van der Waals surface area (Å²) in [6, 6.07) is 0.739. The van der Waals surface area contributed by atoms with Gasteiger partial charge in [-0.3, -0.25) is 0 Å². The van der Waals surface area contributed by atoms with E-state index in [0.29, 0.717) is 0 Å². The SMILES string of the molecule is CN1CCNCC1CCNCC1CCCCC1. The van der Waals surface area contributed by atoms with Crippen molar-refractivity contribution in [2.75, 3.05) is 39.8 Å². The van der Waals surface area contributed by atoms with Crippen LogP contribution in [0.4, 0.5) is 0 Å². The molecule has 1 aliphatic carbocycles. The number of likely N-dealkylation sites (N-methyl/N-ethyl adjacent to an activating group) is 1. The van der Waals surface area contributed by atoms with E-state index < -0.39 is 0 Å². The maximum atomic E-state index is 3.67. The number of piperazine rings is 1. The number of hydrogen-bond donors (Lipinski definition) is 2. The molecule has 0 aromatic heterocycles. The molecule has 0 spiro atoms. The minimum absolute atomic E-state index is 0.739. The molecule has 0 radical (unpaired) electrons. The normalized spacial score (nSPS) is 28.4. The maximum Gasteiger partial charge on any atom is 0.0230 e. The van der Waals surface area contributed by atoms with Gasteiger partial charge >= 0.3 is 0 Å². The molecule has 1 aliphatic heterocycles. The van der Waals surface area contributed by atoms with Crippen molar-refractivity contribution in [3.05, 3.63) is 0 Å². The third-order valence-electron chi connectivity index (χ3n) is 4.46. The molecule has 1 heterocycles. The summed E-state index contributed by atoms with van der Waals surface area (Å²) in [6.45, 7) is 5.97. The monoisotopic (exact) mass is 239 g/mol. The Balaban J connectivity index is 1.53. The quantitative estimate of drug-likeness (QED) is 0.711. The number of nitrogens with zero attached hydrogens (tertiary/aromatic N) is 1. The maximum absolute atomic E-state index is 3.67. The van der Waals surface area contributed by atoms with Crippen LogP contribution in [0.15, 0.2) is 0 Å². The van der Waals surface area contributed by atoms with Gasteiger partial charge in [0.1, 0.15) is 0 Å². The second kappa shape index (κ2) is 7.34. The predicted molar refractivity (Wildman–Crippen MR) is 73.3 cm³/mol. The van der Waals surface area contributed by atoms with Gasteiger partial charge in [0.15, 0.2) is 0 Å². The van der Waals surface area contributed by atoms with E-state index in [1.54, 1.807) is 0 Å². The fraction of sp³-hybridized carbons (Fsp3) is 1.00. The van der Waals surface area contributed by atoms with Gasteiger partial charge in [0.2, 0.25) is 0 Å². The van der Waals surface area contributed by atoms with Gasteiger partial charge in [-0.15, -0.1) is 0 Å². The second-order valence-electron chi connectivity index (χ2n) is 5.84. The summed E-state index contributed by atoms with van der Waals surface area (Å²) < 4.78 is 0. The van der Waals surface area contributed by atoms with Crippen molar-refractivity contribution < 1.29 is 0 Å². The topological polar surface area (TPSA) is 27.3 Å². The van der Waals surface area contributed by atoms with Crippen LogP contribution in [0, 0.1) is 5.92 Å². The van der Waals surface area contributed by atoms with Crippen LogP contribution >= 0.6 is 0 Å². The third-order valence-corrected chi connectivity index (χ3v) is 4.46. The van der Waals surface area contributed by atoms with Crippen molar-refractivity contribution in [1.29, 1.82) is 0 Å². The highest BCUT2D eigenvalue weighted by Gasteiger charge is 2.18. The first-order chi connectivity index (χ1) is 8.36. The molecule has 0 aromatic carbocycles. The van der Waals surface area contributed by atoms with Crippen LogP contribution in [0.5, 0.6) is 0 Å². The molecule has 2 fully saturated rings. The first-order valence-electron chi connectivity index (χ1n) is 7.48. The van der Waals surface area contributed by atoms with Crippen LogP contribution in [-0.4, -0.2) is 50.7 Å². The lowest BCUT2D eigenvalue weighted by atomic mass is 9.89. The molecule has 3 heteroatoms. The Morgan fingerprint density at radius 1 is 1.24 bits per heavy atom. The molecule has 100 valence electrons. The largest absolute Gasteiger partial charge is 0.316 e. The van der Waals surface area contributed by atoms with E-state index in [-0.39, 0.29) is 0 Å². The molecule has 0 amide bonds. The third kappa shape index (κ3) is 4.57. The summed E-state index contributed by atoms with van der Waals surface area (Å²) in [6.07, 6.45) is 8.59. The summed E-state index contributed by atoms with van der Waals surface area (Å²) >= 11 is 0. The van der Waals surface area contributed by atoms with Gasteiger partial charge in [0.05, 0.1) is 0 Å². The van der Waals surface area contributed by atoms with Gasteiger partial charge in [0, 0.05) is 25.7 Å².